The predicted molar refractivity (Wildman–Crippen MR) is 69.0 cm³/mol. The van der Waals surface area contributed by atoms with Crippen LogP contribution in [0.3, 0.4) is 0 Å². The maximum absolute atomic E-state index is 13.5. The minimum atomic E-state index is -1.08. The van der Waals surface area contributed by atoms with Crippen LogP contribution in [0.2, 0.25) is 5.02 Å². The Morgan fingerprint density at radius 1 is 1.39 bits per heavy atom. The van der Waals surface area contributed by atoms with Gasteiger partial charge in [0.2, 0.25) is 0 Å². The first kappa shape index (κ1) is 13.1. The Morgan fingerprint density at radius 2 is 2.06 bits per heavy atom. The molecule has 0 saturated carbocycles. The Bertz CT molecular complexity index is 587. The van der Waals surface area contributed by atoms with Gasteiger partial charge in [-0.2, -0.15) is 0 Å². The molecule has 1 heterocycles. The third-order valence-electron chi connectivity index (χ3n) is 2.69. The van der Waals surface area contributed by atoms with Crippen LogP contribution in [-0.4, -0.2) is 15.1 Å². The molecule has 0 unspecified atom stereocenters. The van der Waals surface area contributed by atoms with Crippen LogP contribution in [-0.2, 0) is 5.60 Å². The van der Waals surface area contributed by atoms with E-state index < -0.39 is 5.60 Å². The fraction of sp³-hybridized carbons (Fsp3) is 0.308. The first-order valence-electron chi connectivity index (χ1n) is 5.53. The zero-order valence-electron chi connectivity index (χ0n) is 10.4. The highest BCUT2D eigenvalue weighted by atomic mass is 35.5. The van der Waals surface area contributed by atoms with E-state index in [9.17, 15) is 9.50 Å². The molecule has 0 spiro atoms. The fourth-order valence-electron chi connectivity index (χ4n) is 1.62. The maximum atomic E-state index is 13.5. The molecule has 1 aromatic heterocycles. The highest BCUT2D eigenvalue weighted by Crippen LogP contribution is 2.30. The van der Waals surface area contributed by atoms with Gasteiger partial charge in [0.1, 0.15) is 17.2 Å². The van der Waals surface area contributed by atoms with Gasteiger partial charge in [-0.3, -0.25) is 0 Å². The molecule has 0 saturated heterocycles. The molecule has 2 rings (SSSR count). The predicted octanol–water partition coefficient (Wildman–Crippen LogP) is 3.41. The van der Waals surface area contributed by atoms with Crippen molar-refractivity contribution in [1.29, 1.82) is 0 Å². The molecule has 0 bridgehead atoms. The summed E-state index contributed by atoms with van der Waals surface area (Å²) in [6, 6.07) is 2.93. The van der Waals surface area contributed by atoms with Gasteiger partial charge in [0.05, 0.1) is 16.9 Å². The van der Waals surface area contributed by atoms with E-state index in [4.69, 9.17) is 11.6 Å². The van der Waals surface area contributed by atoms with Crippen molar-refractivity contribution < 1.29 is 9.50 Å². The summed E-state index contributed by atoms with van der Waals surface area (Å²) in [6.45, 7) is 4.89. The first-order chi connectivity index (χ1) is 8.29. The van der Waals surface area contributed by atoms with Gasteiger partial charge in [-0.1, -0.05) is 11.6 Å². The average molecular weight is 269 g/mol. The van der Waals surface area contributed by atoms with Crippen molar-refractivity contribution in [2.75, 3.05) is 0 Å². The molecule has 2 aromatic rings. The quantitative estimate of drug-likeness (QED) is 0.877. The second-order valence-electron chi connectivity index (χ2n) is 4.79. The van der Waals surface area contributed by atoms with Gasteiger partial charge < -0.3 is 10.1 Å². The van der Waals surface area contributed by atoms with Crippen molar-refractivity contribution in [2.24, 2.45) is 0 Å². The first-order valence-corrected chi connectivity index (χ1v) is 5.90. The lowest BCUT2D eigenvalue weighted by Gasteiger charge is -2.13. The molecular formula is C13H14ClFN2O. The molecule has 0 amide bonds. The van der Waals surface area contributed by atoms with E-state index in [0.29, 0.717) is 27.7 Å². The summed E-state index contributed by atoms with van der Waals surface area (Å²) in [6.07, 6.45) is 1.53. The zero-order chi connectivity index (χ0) is 13.5. The van der Waals surface area contributed by atoms with Crippen LogP contribution in [0, 0.1) is 12.7 Å². The number of H-pyrrole nitrogens is 1. The Hall–Kier alpha value is -1.39. The van der Waals surface area contributed by atoms with Crippen molar-refractivity contribution in [3.8, 4) is 11.3 Å². The molecule has 0 fully saturated rings. The molecule has 1 aromatic carbocycles. The standard InChI is InChI=1S/C13H14ClFN2O/c1-7-4-9(14)8(5-10(7)15)11-6-16-12(17-11)13(2,3)18/h4-6,18H,1-3H3,(H,16,17). The lowest BCUT2D eigenvalue weighted by Crippen LogP contribution is -2.17. The number of benzene rings is 1. The van der Waals surface area contributed by atoms with E-state index in [2.05, 4.69) is 9.97 Å². The Labute approximate surface area is 110 Å². The Balaban J connectivity index is 2.50. The second kappa shape index (κ2) is 4.37. The number of halogens is 2. The topological polar surface area (TPSA) is 48.9 Å². The van der Waals surface area contributed by atoms with Gasteiger partial charge in [0.25, 0.3) is 0 Å². The molecule has 0 aliphatic carbocycles. The van der Waals surface area contributed by atoms with Gasteiger partial charge >= 0.3 is 0 Å². The summed E-state index contributed by atoms with van der Waals surface area (Å²) in [5, 5.41) is 10.3. The number of aliphatic hydroxyl groups is 1. The number of aryl methyl sites for hydroxylation is 1. The fourth-order valence-corrected chi connectivity index (χ4v) is 1.94. The highest BCUT2D eigenvalue weighted by Gasteiger charge is 2.20. The van der Waals surface area contributed by atoms with Crippen LogP contribution >= 0.6 is 11.6 Å². The van der Waals surface area contributed by atoms with Gasteiger partial charge in [0.15, 0.2) is 0 Å². The Kier molecular flexibility index (Phi) is 3.17. The third kappa shape index (κ3) is 2.40. The normalized spacial score (nSPS) is 11.9. The monoisotopic (exact) mass is 268 g/mol. The molecule has 18 heavy (non-hydrogen) atoms. The summed E-state index contributed by atoms with van der Waals surface area (Å²) >= 11 is 6.08. The molecular weight excluding hydrogens is 255 g/mol. The van der Waals surface area contributed by atoms with Crippen LogP contribution in [0.4, 0.5) is 4.39 Å². The number of hydrogen-bond donors (Lipinski definition) is 2. The number of imidazole rings is 1. The highest BCUT2D eigenvalue weighted by molar-refractivity contribution is 6.33. The van der Waals surface area contributed by atoms with Crippen molar-refractivity contribution >= 4 is 11.6 Å². The van der Waals surface area contributed by atoms with Crippen LogP contribution in [0.15, 0.2) is 18.3 Å². The number of hydrogen-bond acceptors (Lipinski definition) is 2. The lowest BCUT2D eigenvalue weighted by molar-refractivity contribution is 0.0697. The van der Waals surface area contributed by atoms with E-state index >= 15 is 0 Å². The zero-order valence-corrected chi connectivity index (χ0v) is 11.1. The number of aromatic nitrogens is 2. The average Bonchev–Trinajstić information content (AvgIpc) is 2.72. The third-order valence-corrected chi connectivity index (χ3v) is 3.01. The number of aromatic amines is 1. The van der Waals surface area contributed by atoms with Gasteiger partial charge in [0, 0.05) is 5.56 Å². The van der Waals surface area contributed by atoms with Crippen LogP contribution in [0.25, 0.3) is 11.3 Å². The lowest BCUT2D eigenvalue weighted by atomic mass is 10.1. The van der Waals surface area contributed by atoms with E-state index in [-0.39, 0.29) is 5.82 Å². The minimum Gasteiger partial charge on any atom is -0.383 e. The summed E-state index contributed by atoms with van der Waals surface area (Å²) < 4.78 is 13.5. The Morgan fingerprint density at radius 3 is 2.61 bits per heavy atom. The van der Waals surface area contributed by atoms with Crippen LogP contribution < -0.4 is 0 Å². The maximum Gasteiger partial charge on any atom is 0.138 e. The molecule has 0 radical (unpaired) electrons. The van der Waals surface area contributed by atoms with E-state index in [1.165, 1.54) is 12.3 Å². The van der Waals surface area contributed by atoms with E-state index in [0.717, 1.165) is 0 Å². The largest absolute Gasteiger partial charge is 0.383 e. The van der Waals surface area contributed by atoms with Gasteiger partial charge in [-0.25, -0.2) is 9.37 Å². The SMILES string of the molecule is Cc1cc(Cl)c(-c2cnc(C(C)(C)O)[nH]2)cc1F. The molecule has 0 aliphatic rings. The van der Waals surface area contributed by atoms with Crippen molar-refractivity contribution in [1.82, 2.24) is 9.97 Å². The van der Waals surface area contributed by atoms with Crippen LogP contribution in [0.1, 0.15) is 25.2 Å². The summed E-state index contributed by atoms with van der Waals surface area (Å²) in [7, 11) is 0. The van der Waals surface area contributed by atoms with Gasteiger partial charge in [-0.05, 0) is 38.5 Å². The number of rotatable bonds is 2. The van der Waals surface area contributed by atoms with Crippen molar-refractivity contribution in [3.05, 3.63) is 40.6 Å². The molecule has 3 nitrogen and oxygen atoms in total. The van der Waals surface area contributed by atoms with Crippen molar-refractivity contribution in [2.45, 2.75) is 26.4 Å². The molecule has 0 aliphatic heterocycles. The number of nitrogens with zero attached hydrogens (tertiary/aromatic N) is 1. The minimum absolute atomic E-state index is 0.325. The summed E-state index contributed by atoms with van der Waals surface area (Å²) in [4.78, 5) is 7.02. The molecule has 0 atom stereocenters. The van der Waals surface area contributed by atoms with Crippen LogP contribution in [0.5, 0.6) is 0 Å². The van der Waals surface area contributed by atoms with E-state index in [1.54, 1.807) is 26.8 Å². The molecule has 96 valence electrons. The van der Waals surface area contributed by atoms with E-state index in [1.807, 2.05) is 0 Å². The summed E-state index contributed by atoms with van der Waals surface area (Å²) in [5.41, 5.74) is 0.526. The molecule has 2 N–H and O–H groups in total. The number of nitrogens with one attached hydrogen (secondary N) is 1. The molecule has 5 heteroatoms. The summed E-state index contributed by atoms with van der Waals surface area (Å²) in [5.74, 6) is 0.0864. The second-order valence-corrected chi connectivity index (χ2v) is 5.19. The smallest absolute Gasteiger partial charge is 0.138 e. The van der Waals surface area contributed by atoms with Crippen molar-refractivity contribution in [3.63, 3.8) is 0 Å². The van der Waals surface area contributed by atoms with Gasteiger partial charge in [-0.15, -0.1) is 0 Å².